The Hall–Kier alpha value is -0.870. The van der Waals surface area contributed by atoms with E-state index >= 15 is 0 Å². The fraction of sp³-hybridized carbons (Fsp3) is 0.583. The van der Waals surface area contributed by atoms with Crippen LogP contribution in [-0.2, 0) is 6.42 Å². The van der Waals surface area contributed by atoms with Gasteiger partial charge in [0.15, 0.2) is 0 Å². The Kier molecular flexibility index (Phi) is 3.30. The van der Waals surface area contributed by atoms with Crippen LogP contribution in [0.4, 0.5) is 0 Å². The van der Waals surface area contributed by atoms with Gasteiger partial charge in [0.2, 0.25) is 0 Å². The van der Waals surface area contributed by atoms with Gasteiger partial charge in [-0.2, -0.15) is 0 Å². The highest BCUT2D eigenvalue weighted by Crippen LogP contribution is 2.22. The predicted octanol–water partition coefficient (Wildman–Crippen LogP) is 1.73. The summed E-state index contributed by atoms with van der Waals surface area (Å²) in [5, 5.41) is 0. The average molecular weight is 238 g/mol. The van der Waals surface area contributed by atoms with Crippen LogP contribution in [0.5, 0.6) is 0 Å². The Morgan fingerprint density at radius 3 is 2.81 bits per heavy atom. The zero-order valence-corrected chi connectivity index (χ0v) is 10.6. The number of aryl methyl sites for hydroxylation is 1. The van der Waals surface area contributed by atoms with Crippen molar-refractivity contribution in [2.75, 3.05) is 13.1 Å². The fourth-order valence-electron chi connectivity index (χ4n) is 2.00. The SMILES string of the molecule is CCc1ccc(C(=O)N2CC(C)C(N)C2)s1. The lowest BCUT2D eigenvalue weighted by atomic mass is 10.1. The third kappa shape index (κ3) is 2.13. The number of thiophene rings is 1. The summed E-state index contributed by atoms with van der Waals surface area (Å²) < 4.78 is 0. The Labute approximate surface area is 100 Å². The molecule has 0 bridgehead atoms. The third-order valence-corrected chi connectivity index (χ3v) is 4.40. The van der Waals surface area contributed by atoms with E-state index in [1.54, 1.807) is 11.3 Å². The molecule has 1 saturated heterocycles. The maximum Gasteiger partial charge on any atom is 0.263 e. The van der Waals surface area contributed by atoms with Gasteiger partial charge >= 0.3 is 0 Å². The lowest BCUT2D eigenvalue weighted by Crippen LogP contribution is -2.31. The molecule has 0 saturated carbocycles. The molecule has 2 heterocycles. The highest BCUT2D eigenvalue weighted by atomic mass is 32.1. The van der Waals surface area contributed by atoms with E-state index in [0.717, 1.165) is 17.8 Å². The normalized spacial score (nSPS) is 25.1. The summed E-state index contributed by atoms with van der Waals surface area (Å²) in [6, 6.07) is 4.10. The highest BCUT2D eigenvalue weighted by Gasteiger charge is 2.30. The van der Waals surface area contributed by atoms with Crippen molar-refractivity contribution in [1.82, 2.24) is 4.90 Å². The molecule has 1 aliphatic heterocycles. The van der Waals surface area contributed by atoms with Gasteiger partial charge in [-0.15, -0.1) is 11.3 Å². The van der Waals surface area contributed by atoms with Gasteiger partial charge in [-0.25, -0.2) is 0 Å². The molecule has 1 aromatic rings. The van der Waals surface area contributed by atoms with E-state index in [0.29, 0.717) is 12.5 Å². The molecule has 0 aromatic carbocycles. The van der Waals surface area contributed by atoms with Gasteiger partial charge in [0.05, 0.1) is 4.88 Å². The van der Waals surface area contributed by atoms with Gasteiger partial charge in [0.1, 0.15) is 0 Å². The van der Waals surface area contributed by atoms with Gasteiger partial charge in [-0.1, -0.05) is 13.8 Å². The van der Waals surface area contributed by atoms with Gasteiger partial charge in [0, 0.05) is 24.0 Å². The Morgan fingerprint density at radius 2 is 2.31 bits per heavy atom. The number of nitrogens with zero attached hydrogens (tertiary/aromatic N) is 1. The summed E-state index contributed by atoms with van der Waals surface area (Å²) >= 11 is 1.60. The number of amides is 1. The number of likely N-dealkylation sites (tertiary alicyclic amines) is 1. The maximum absolute atomic E-state index is 12.1. The highest BCUT2D eigenvalue weighted by molar-refractivity contribution is 7.14. The molecule has 88 valence electrons. The summed E-state index contributed by atoms with van der Waals surface area (Å²) in [7, 11) is 0. The van der Waals surface area contributed by atoms with Crippen molar-refractivity contribution < 1.29 is 4.79 Å². The molecule has 2 rings (SSSR count). The molecule has 2 N–H and O–H groups in total. The van der Waals surface area contributed by atoms with E-state index in [2.05, 4.69) is 13.8 Å². The number of hydrogen-bond donors (Lipinski definition) is 1. The van der Waals surface area contributed by atoms with Gasteiger partial charge in [-0.3, -0.25) is 4.79 Å². The molecule has 2 unspecified atom stereocenters. The first kappa shape index (κ1) is 11.6. The lowest BCUT2D eigenvalue weighted by molar-refractivity contribution is 0.0791. The molecule has 0 spiro atoms. The minimum absolute atomic E-state index is 0.134. The second-order valence-electron chi connectivity index (χ2n) is 4.47. The van der Waals surface area contributed by atoms with Crippen molar-refractivity contribution in [3.63, 3.8) is 0 Å². The number of carbonyl (C=O) groups excluding carboxylic acids is 1. The van der Waals surface area contributed by atoms with Crippen LogP contribution in [0.2, 0.25) is 0 Å². The monoisotopic (exact) mass is 238 g/mol. The standard InChI is InChI=1S/C12H18N2OS/c1-3-9-4-5-11(16-9)12(15)14-6-8(2)10(13)7-14/h4-5,8,10H,3,6-7,13H2,1-2H3. The topological polar surface area (TPSA) is 46.3 Å². The van der Waals surface area contributed by atoms with Crippen molar-refractivity contribution in [3.05, 3.63) is 21.9 Å². The molecule has 1 amide bonds. The zero-order chi connectivity index (χ0) is 11.7. The minimum Gasteiger partial charge on any atom is -0.336 e. The molecule has 1 aliphatic rings. The van der Waals surface area contributed by atoms with Crippen molar-refractivity contribution in [1.29, 1.82) is 0 Å². The van der Waals surface area contributed by atoms with Crippen LogP contribution in [0.3, 0.4) is 0 Å². The molecule has 3 nitrogen and oxygen atoms in total. The lowest BCUT2D eigenvalue weighted by Gasteiger charge is -2.14. The molecule has 2 atom stereocenters. The quantitative estimate of drug-likeness (QED) is 0.853. The molecule has 0 aliphatic carbocycles. The second-order valence-corrected chi connectivity index (χ2v) is 5.64. The van der Waals surface area contributed by atoms with Crippen LogP contribution < -0.4 is 5.73 Å². The largest absolute Gasteiger partial charge is 0.336 e. The third-order valence-electron chi connectivity index (χ3n) is 3.18. The number of nitrogens with two attached hydrogens (primary N) is 1. The fourth-order valence-corrected chi connectivity index (χ4v) is 2.91. The van der Waals surface area contributed by atoms with Crippen molar-refractivity contribution in [2.24, 2.45) is 11.7 Å². The Balaban J connectivity index is 2.08. The van der Waals surface area contributed by atoms with Gasteiger partial charge in [-0.05, 0) is 24.5 Å². The van der Waals surface area contributed by atoms with Crippen LogP contribution in [0.25, 0.3) is 0 Å². The average Bonchev–Trinajstić information content (AvgIpc) is 2.86. The Bertz CT molecular complexity index is 378. The molecular weight excluding hydrogens is 220 g/mol. The smallest absolute Gasteiger partial charge is 0.263 e. The van der Waals surface area contributed by atoms with E-state index < -0.39 is 0 Å². The van der Waals surface area contributed by atoms with Crippen LogP contribution in [-0.4, -0.2) is 29.9 Å². The van der Waals surface area contributed by atoms with E-state index in [4.69, 9.17) is 5.73 Å². The molecule has 1 fully saturated rings. The molecule has 0 radical (unpaired) electrons. The first-order valence-electron chi connectivity index (χ1n) is 5.75. The van der Waals surface area contributed by atoms with Gasteiger partial charge in [0.25, 0.3) is 5.91 Å². The van der Waals surface area contributed by atoms with Crippen molar-refractivity contribution in [3.8, 4) is 0 Å². The van der Waals surface area contributed by atoms with Crippen LogP contribution in [0, 0.1) is 5.92 Å². The van der Waals surface area contributed by atoms with E-state index in [9.17, 15) is 4.79 Å². The van der Waals surface area contributed by atoms with E-state index in [-0.39, 0.29) is 11.9 Å². The summed E-state index contributed by atoms with van der Waals surface area (Å²) in [6.07, 6.45) is 0.994. The minimum atomic E-state index is 0.134. The molecule has 1 aromatic heterocycles. The number of rotatable bonds is 2. The molecule has 16 heavy (non-hydrogen) atoms. The Morgan fingerprint density at radius 1 is 1.56 bits per heavy atom. The van der Waals surface area contributed by atoms with Crippen molar-refractivity contribution >= 4 is 17.2 Å². The molecule has 4 heteroatoms. The predicted molar refractivity (Wildman–Crippen MR) is 66.7 cm³/mol. The first-order chi connectivity index (χ1) is 7.61. The van der Waals surface area contributed by atoms with Crippen LogP contribution >= 0.6 is 11.3 Å². The van der Waals surface area contributed by atoms with Crippen LogP contribution in [0.15, 0.2) is 12.1 Å². The first-order valence-corrected chi connectivity index (χ1v) is 6.57. The summed E-state index contributed by atoms with van der Waals surface area (Å²) in [4.78, 5) is 16.1. The maximum atomic E-state index is 12.1. The van der Waals surface area contributed by atoms with E-state index in [1.165, 1.54) is 4.88 Å². The van der Waals surface area contributed by atoms with Crippen LogP contribution in [0.1, 0.15) is 28.4 Å². The molecular formula is C12H18N2OS. The number of hydrogen-bond acceptors (Lipinski definition) is 3. The summed E-state index contributed by atoms with van der Waals surface area (Å²) in [6.45, 7) is 5.69. The summed E-state index contributed by atoms with van der Waals surface area (Å²) in [5.41, 5.74) is 5.93. The second kappa shape index (κ2) is 4.55. The van der Waals surface area contributed by atoms with Crippen molar-refractivity contribution in [2.45, 2.75) is 26.3 Å². The summed E-state index contributed by atoms with van der Waals surface area (Å²) in [5.74, 6) is 0.555. The van der Waals surface area contributed by atoms with Gasteiger partial charge < -0.3 is 10.6 Å². The van der Waals surface area contributed by atoms with E-state index in [1.807, 2.05) is 17.0 Å². The number of carbonyl (C=O) groups is 1. The zero-order valence-electron chi connectivity index (χ0n) is 9.77.